The molecule has 7 heteroatoms. The van der Waals surface area contributed by atoms with Crippen LogP contribution in [0, 0.1) is 17.8 Å². The first-order valence-corrected chi connectivity index (χ1v) is 10.3. The van der Waals surface area contributed by atoms with Crippen LogP contribution < -0.4 is 0 Å². The zero-order valence-electron chi connectivity index (χ0n) is 16.5. The molecule has 0 amide bonds. The van der Waals surface area contributed by atoms with Gasteiger partial charge in [0.1, 0.15) is 18.3 Å². The van der Waals surface area contributed by atoms with Crippen molar-refractivity contribution in [1.29, 1.82) is 0 Å². The number of hydrogen-bond acceptors (Lipinski definition) is 7. The molecule has 0 spiro atoms. The van der Waals surface area contributed by atoms with Gasteiger partial charge in [0.15, 0.2) is 5.78 Å². The van der Waals surface area contributed by atoms with Crippen molar-refractivity contribution >= 4 is 11.8 Å². The number of carbonyl (C=O) groups excluding carboxylic acids is 2. The van der Waals surface area contributed by atoms with E-state index in [2.05, 4.69) is 19.9 Å². The summed E-state index contributed by atoms with van der Waals surface area (Å²) in [6, 6.07) is 3.18. The van der Waals surface area contributed by atoms with Crippen LogP contribution in [0.4, 0.5) is 0 Å². The lowest BCUT2D eigenvalue weighted by Gasteiger charge is -2.56. The van der Waals surface area contributed by atoms with E-state index in [1.807, 2.05) is 0 Å². The highest BCUT2D eigenvalue weighted by molar-refractivity contribution is 6.11. The zero-order chi connectivity index (χ0) is 20.1. The van der Waals surface area contributed by atoms with E-state index >= 15 is 0 Å². The van der Waals surface area contributed by atoms with Gasteiger partial charge in [-0.3, -0.25) is 9.59 Å². The number of ketones is 1. The predicted molar refractivity (Wildman–Crippen MR) is 103 cm³/mol. The van der Waals surface area contributed by atoms with Gasteiger partial charge in [-0.05, 0) is 75.3 Å². The molecule has 2 aromatic heterocycles. The van der Waals surface area contributed by atoms with Gasteiger partial charge in [0.25, 0.3) is 0 Å². The summed E-state index contributed by atoms with van der Waals surface area (Å²) in [6.45, 7) is 1.39. The van der Waals surface area contributed by atoms with Crippen molar-refractivity contribution in [2.75, 3.05) is 0 Å². The molecular formula is C22H24N4O3. The Kier molecular flexibility index (Phi) is 4.22. The van der Waals surface area contributed by atoms with E-state index in [-0.39, 0.29) is 17.2 Å². The Balaban J connectivity index is 1.58. The first kappa shape index (κ1) is 18.3. The second-order valence-electron chi connectivity index (χ2n) is 8.99. The Bertz CT molecular complexity index is 857. The fraction of sp³-hybridized carbons (Fsp3) is 0.545. The number of ether oxygens (including phenoxy) is 1. The van der Waals surface area contributed by atoms with Gasteiger partial charge >= 0.3 is 5.97 Å². The summed E-state index contributed by atoms with van der Waals surface area (Å²) in [7, 11) is 0. The van der Waals surface area contributed by atoms with Crippen molar-refractivity contribution < 1.29 is 14.3 Å². The Labute approximate surface area is 169 Å². The van der Waals surface area contributed by atoms with Gasteiger partial charge < -0.3 is 4.74 Å². The van der Waals surface area contributed by atoms with Crippen molar-refractivity contribution in [2.45, 2.75) is 56.5 Å². The fourth-order valence-corrected chi connectivity index (χ4v) is 6.30. The standard InChI is InChI=1S/C22H24N4O3/c1-14(27)22(18-2-4-23-12-25-18,19-3-5-24-13-26-19)20(28)29-21-9-15-6-16(10-21)8-17(7-15)11-21/h2-5,12-13,15-17H,6-11H2,1H3. The average molecular weight is 392 g/mol. The van der Waals surface area contributed by atoms with E-state index in [4.69, 9.17) is 4.74 Å². The van der Waals surface area contributed by atoms with Crippen LogP contribution in [0.5, 0.6) is 0 Å². The SMILES string of the molecule is CC(=O)C(C(=O)OC12CC3CC(CC(C3)C1)C2)(c1ccncn1)c1ccncn1. The minimum absolute atomic E-state index is 0.286. The van der Waals surface area contributed by atoms with Crippen LogP contribution in [-0.4, -0.2) is 37.3 Å². The van der Waals surface area contributed by atoms with Crippen molar-refractivity contribution in [3.8, 4) is 0 Å². The summed E-state index contributed by atoms with van der Waals surface area (Å²) in [4.78, 5) is 43.3. The van der Waals surface area contributed by atoms with Gasteiger partial charge in [0.2, 0.25) is 5.41 Å². The molecule has 0 saturated heterocycles. The van der Waals surface area contributed by atoms with Gasteiger partial charge in [-0.25, -0.2) is 19.9 Å². The van der Waals surface area contributed by atoms with E-state index in [9.17, 15) is 9.59 Å². The monoisotopic (exact) mass is 392 g/mol. The third kappa shape index (κ3) is 2.86. The maximum atomic E-state index is 13.8. The maximum Gasteiger partial charge on any atom is 0.332 e. The molecule has 0 aromatic carbocycles. The van der Waals surface area contributed by atoms with E-state index in [0.717, 1.165) is 19.3 Å². The molecule has 29 heavy (non-hydrogen) atoms. The van der Waals surface area contributed by atoms with Gasteiger partial charge in [0, 0.05) is 12.4 Å². The summed E-state index contributed by atoms with van der Waals surface area (Å²) in [5, 5.41) is 0. The molecule has 4 aliphatic carbocycles. The summed E-state index contributed by atoms with van der Waals surface area (Å²) in [5.74, 6) is 0.922. The van der Waals surface area contributed by atoms with Crippen LogP contribution >= 0.6 is 0 Å². The topological polar surface area (TPSA) is 94.9 Å². The van der Waals surface area contributed by atoms with E-state index in [0.29, 0.717) is 17.8 Å². The van der Waals surface area contributed by atoms with Crippen molar-refractivity contribution in [3.63, 3.8) is 0 Å². The number of esters is 1. The Morgan fingerprint density at radius 2 is 1.41 bits per heavy atom. The molecule has 150 valence electrons. The summed E-state index contributed by atoms with van der Waals surface area (Å²) < 4.78 is 6.31. The highest BCUT2D eigenvalue weighted by Crippen LogP contribution is 2.57. The van der Waals surface area contributed by atoms with Crippen LogP contribution in [0.25, 0.3) is 0 Å². The first-order chi connectivity index (χ1) is 14.0. The lowest BCUT2D eigenvalue weighted by atomic mass is 9.54. The Morgan fingerprint density at radius 1 is 0.931 bits per heavy atom. The highest BCUT2D eigenvalue weighted by atomic mass is 16.6. The second kappa shape index (κ2) is 6.68. The lowest BCUT2D eigenvalue weighted by Crippen LogP contribution is -2.56. The molecule has 4 bridgehead atoms. The minimum atomic E-state index is -1.71. The van der Waals surface area contributed by atoms with Gasteiger partial charge in [0.05, 0.1) is 11.4 Å². The Morgan fingerprint density at radius 3 is 1.79 bits per heavy atom. The molecule has 7 nitrogen and oxygen atoms in total. The third-order valence-electron chi connectivity index (χ3n) is 7.06. The molecule has 4 fully saturated rings. The summed E-state index contributed by atoms with van der Waals surface area (Å²) in [5.41, 5.74) is -1.61. The van der Waals surface area contributed by atoms with E-state index < -0.39 is 17.0 Å². The largest absolute Gasteiger partial charge is 0.458 e. The normalized spacial score (nSPS) is 30.2. The Hall–Kier alpha value is -2.70. The molecule has 4 aliphatic rings. The first-order valence-electron chi connectivity index (χ1n) is 10.3. The number of Topliss-reactive ketones (excluding diaryl/α,β-unsaturated/α-hetero) is 1. The molecule has 6 rings (SSSR count). The van der Waals surface area contributed by atoms with Gasteiger partial charge in [-0.2, -0.15) is 0 Å². The van der Waals surface area contributed by atoms with Gasteiger partial charge in [-0.1, -0.05) is 0 Å². The van der Waals surface area contributed by atoms with Crippen LogP contribution in [0.3, 0.4) is 0 Å². The predicted octanol–water partition coefficient (Wildman–Crippen LogP) is 2.65. The molecule has 2 heterocycles. The minimum Gasteiger partial charge on any atom is -0.458 e. The molecule has 0 atom stereocenters. The summed E-state index contributed by atoms with van der Waals surface area (Å²) >= 11 is 0. The lowest BCUT2D eigenvalue weighted by molar-refractivity contribution is -0.191. The second-order valence-corrected chi connectivity index (χ2v) is 8.99. The van der Waals surface area contributed by atoms with Crippen LogP contribution in [-0.2, 0) is 19.7 Å². The number of carbonyl (C=O) groups is 2. The van der Waals surface area contributed by atoms with Gasteiger partial charge in [-0.15, -0.1) is 0 Å². The van der Waals surface area contributed by atoms with Crippen molar-refractivity contribution in [1.82, 2.24) is 19.9 Å². The van der Waals surface area contributed by atoms with Crippen LogP contribution in [0.2, 0.25) is 0 Å². The number of rotatable bonds is 5. The average Bonchev–Trinajstić information content (AvgIpc) is 2.68. The summed E-state index contributed by atoms with van der Waals surface area (Å²) in [6.07, 6.45) is 12.1. The van der Waals surface area contributed by atoms with Crippen molar-refractivity contribution in [3.05, 3.63) is 48.6 Å². The zero-order valence-corrected chi connectivity index (χ0v) is 16.5. The third-order valence-corrected chi connectivity index (χ3v) is 7.06. The quantitative estimate of drug-likeness (QED) is 0.570. The molecule has 0 unspecified atom stereocenters. The molecule has 2 aromatic rings. The highest BCUT2D eigenvalue weighted by Gasteiger charge is 2.58. The fourth-order valence-electron chi connectivity index (χ4n) is 6.30. The molecule has 0 N–H and O–H groups in total. The number of hydrogen-bond donors (Lipinski definition) is 0. The van der Waals surface area contributed by atoms with E-state index in [1.54, 1.807) is 12.1 Å². The maximum absolute atomic E-state index is 13.8. The van der Waals surface area contributed by atoms with Crippen molar-refractivity contribution in [2.24, 2.45) is 17.8 Å². The number of nitrogens with zero attached hydrogens (tertiary/aromatic N) is 4. The number of aromatic nitrogens is 4. The van der Waals surface area contributed by atoms with E-state index in [1.165, 1.54) is 51.2 Å². The molecular weight excluding hydrogens is 368 g/mol. The molecule has 0 radical (unpaired) electrons. The van der Waals surface area contributed by atoms with Crippen LogP contribution in [0.1, 0.15) is 56.8 Å². The molecule has 4 saturated carbocycles. The van der Waals surface area contributed by atoms with Crippen LogP contribution in [0.15, 0.2) is 37.2 Å². The molecule has 0 aliphatic heterocycles. The smallest absolute Gasteiger partial charge is 0.332 e.